The number of esters is 2. The Labute approximate surface area is 174 Å². The summed E-state index contributed by atoms with van der Waals surface area (Å²) in [5.74, 6) is -2.90. The highest BCUT2D eigenvalue weighted by Crippen LogP contribution is 2.71. The first-order chi connectivity index (χ1) is 14.1. The minimum atomic E-state index is -1.48. The van der Waals surface area contributed by atoms with Crippen LogP contribution >= 0.6 is 0 Å². The summed E-state index contributed by atoms with van der Waals surface area (Å²) < 4.78 is 17.0. The zero-order chi connectivity index (χ0) is 21.6. The highest BCUT2D eigenvalue weighted by Gasteiger charge is 2.79. The third-order valence-electron chi connectivity index (χ3n) is 8.69. The smallest absolute Gasteiger partial charge is 0.320 e. The van der Waals surface area contributed by atoms with Gasteiger partial charge in [0.1, 0.15) is 11.5 Å². The van der Waals surface area contributed by atoms with E-state index in [1.54, 1.807) is 0 Å². The number of ether oxygens (including phenoxy) is 3. The summed E-state index contributed by atoms with van der Waals surface area (Å²) in [7, 11) is 0. The Hall–Kier alpha value is -1.77. The predicted octanol–water partition coefficient (Wildman–Crippen LogP) is 0.739. The molecule has 0 aromatic carbocycles. The van der Waals surface area contributed by atoms with Crippen LogP contribution in [0.5, 0.6) is 0 Å². The van der Waals surface area contributed by atoms with Gasteiger partial charge in [0, 0.05) is 29.6 Å². The fourth-order valence-electron chi connectivity index (χ4n) is 7.61. The molecule has 5 aliphatic rings. The average molecular weight is 420 g/mol. The third kappa shape index (κ3) is 2.19. The number of Topliss-reactive ketones (excluding diaryl/α,β-unsaturated/α-hetero) is 1. The van der Waals surface area contributed by atoms with Crippen LogP contribution in [0.1, 0.15) is 39.5 Å². The molecular weight excluding hydrogens is 392 g/mol. The molecule has 2 aliphatic heterocycles. The average Bonchev–Trinajstić information content (AvgIpc) is 3.13. The van der Waals surface area contributed by atoms with E-state index in [4.69, 9.17) is 14.2 Å². The summed E-state index contributed by atoms with van der Waals surface area (Å²) in [5.41, 5.74) is -2.71. The van der Waals surface area contributed by atoms with E-state index in [0.717, 1.165) is 0 Å². The van der Waals surface area contributed by atoms with Gasteiger partial charge in [0.25, 0.3) is 0 Å². The number of rotatable bonds is 2. The quantitative estimate of drug-likeness (QED) is 0.381. The van der Waals surface area contributed by atoms with Crippen molar-refractivity contribution < 1.29 is 38.8 Å². The normalized spacial score (nSPS) is 51.7. The number of fused-ring (bicyclic) bond motifs is 1. The van der Waals surface area contributed by atoms with E-state index in [-0.39, 0.29) is 31.3 Å². The van der Waals surface area contributed by atoms with E-state index in [9.17, 15) is 24.6 Å². The molecular formula is C22H28O8. The minimum Gasteiger partial charge on any atom is -0.465 e. The molecule has 5 fully saturated rings. The number of hydrogen-bond donors (Lipinski definition) is 2. The Bertz CT molecular complexity index is 852. The predicted molar refractivity (Wildman–Crippen MR) is 101 cm³/mol. The lowest BCUT2D eigenvalue weighted by Gasteiger charge is -2.62. The molecule has 3 saturated carbocycles. The Morgan fingerprint density at radius 1 is 1.30 bits per heavy atom. The minimum absolute atomic E-state index is 0.0698. The zero-order valence-electron chi connectivity index (χ0n) is 17.3. The Morgan fingerprint density at radius 3 is 2.73 bits per heavy atom. The number of aliphatic hydroxyl groups excluding tert-OH is 2. The lowest BCUT2D eigenvalue weighted by molar-refractivity contribution is -0.256. The van der Waals surface area contributed by atoms with Crippen LogP contribution in [0.4, 0.5) is 0 Å². The molecule has 0 amide bonds. The summed E-state index contributed by atoms with van der Waals surface area (Å²) >= 11 is 0. The molecule has 9 atom stereocenters. The summed E-state index contributed by atoms with van der Waals surface area (Å²) in [6.45, 7) is 7.31. The second-order valence-electron chi connectivity index (χ2n) is 10.2. The van der Waals surface area contributed by atoms with Gasteiger partial charge in [-0.3, -0.25) is 14.4 Å². The maximum atomic E-state index is 13.3. The van der Waals surface area contributed by atoms with E-state index >= 15 is 0 Å². The van der Waals surface area contributed by atoms with Gasteiger partial charge in [-0.2, -0.15) is 0 Å². The van der Waals surface area contributed by atoms with Crippen LogP contribution in [0.3, 0.4) is 0 Å². The lowest BCUT2D eigenvalue weighted by Crippen LogP contribution is -2.71. The van der Waals surface area contributed by atoms with Crippen LogP contribution < -0.4 is 0 Å². The van der Waals surface area contributed by atoms with Gasteiger partial charge in [0.05, 0.1) is 19.3 Å². The van der Waals surface area contributed by atoms with Gasteiger partial charge >= 0.3 is 11.9 Å². The van der Waals surface area contributed by atoms with Gasteiger partial charge < -0.3 is 24.4 Å². The van der Waals surface area contributed by atoms with E-state index in [1.165, 1.54) is 6.92 Å². The maximum absolute atomic E-state index is 13.3. The van der Waals surface area contributed by atoms with Crippen molar-refractivity contribution in [2.75, 3.05) is 13.2 Å². The Morgan fingerprint density at radius 2 is 2.03 bits per heavy atom. The van der Waals surface area contributed by atoms with Crippen molar-refractivity contribution in [3.05, 3.63) is 12.2 Å². The molecule has 8 nitrogen and oxygen atoms in total. The fourth-order valence-corrected chi connectivity index (χ4v) is 7.61. The molecule has 30 heavy (non-hydrogen) atoms. The van der Waals surface area contributed by atoms with Crippen molar-refractivity contribution in [1.29, 1.82) is 0 Å². The van der Waals surface area contributed by atoms with Crippen LogP contribution in [0.2, 0.25) is 0 Å². The van der Waals surface area contributed by atoms with E-state index in [0.29, 0.717) is 24.8 Å². The van der Waals surface area contributed by atoms with Crippen molar-refractivity contribution in [3.8, 4) is 0 Å². The van der Waals surface area contributed by atoms with Gasteiger partial charge in [-0.15, -0.1) is 0 Å². The third-order valence-corrected chi connectivity index (χ3v) is 8.69. The molecule has 2 saturated heterocycles. The van der Waals surface area contributed by atoms with E-state index < -0.39 is 58.5 Å². The zero-order valence-corrected chi connectivity index (χ0v) is 17.3. The summed E-state index contributed by atoms with van der Waals surface area (Å²) in [5, 5.41) is 22.2. The molecule has 0 unspecified atom stereocenters. The molecule has 2 bridgehead atoms. The number of carbonyl (C=O) groups is 3. The van der Waals surface area contributed by atoms with Gasteiger partial charge in [0.15, 0.2) is 12.1 Å². The molecule has 0 aromatic heterocycles. The highest BCUT2D eigenvalue weighted by molar-refractivity contribution is 6.15. The first-order valence-electron chi connectivity index (χ1n) is 10.6. The molecule has 3 aliphatic carbocycles. The van der Waals surface area contributed by atoms with E-state index in [2.05, 4.69) is 6.58 Å². The molecule has 8 heteroatoms. The van der Waals surface area contributed by atoms with Gasteiger partial charge in [-0.05, 0) is 37.2 Å². The second kappa shape index (κ2) is 6.14. The number of carbonyl (C=O) groups excluding carboxylic acids is 3. The molecule has 5 rings (SSSR count). The number of hydrogen-bond acceptors (Lipinski definition) is 8. The van der Waals surface area contributed by atoms with Crippen molar-refractivity contribution in [3.63, 3.8) is 0 Å². The van der Waals surface area contributed by atoms with Crippen molar-refractivity contribution >= 4 is 17.7 Å². The monoisotopic (exact) mass is 420 g/mol. The first-order valence-corrected chi connectivity index (χ1v) is 10.6. The number of ketones is 1. The largest absolute Gasteiger partial charge is 0.465 e. The molecule has 2 N–H and O–H groups in total. The Balaban J connectivity index is 1.66. The van der Waals surface area contributed by atoms with Crippen LogP contribution in [0.15, 0.2) is 12.2 Å². The Kier molecular flexibility index (Phi) is 4.13. The van der Waals surface area contributed by atoms with Gasteiger partial charge in [-0.25, -0.2) is 0 Å². The number of allylic oxidation sites excluding steroid dienone is 1. The SMILES string of the molecule is C=C1C(=O)[C@]23C[C@H]1C[C@@H](O)[C@H]2[C@@]12CO[C@@H](O)[C@@H]1[C@](C)(COC(C)=O)CC[C@@H]2OC3=O. The van der Waals surface area contributed by atoms with Crippen LogP contribution in [0, 0.1) is 34.0 Å². The fraction of sp³-hybridized carbons (Fsp3) is 0.773. The second-order valence-corrected chi connectivity index (χ2v) is 10.2. The lowest BCUT2D eigenvalue weighted by atomic mass is 9.43. The van der Waals surface area contributed by atoms with E-state index in [1.807, 2.05) is 6.92 Å². The summed E-state index contributed by atoms with van der Waals surface area (Å²) in [6, 6.07) is 0. The molecule has 0 radical (unpaired) electrons. The summed E-state index contributed by atoms with van der Waals surface area (Å²) in [6.07, 6.45) is -1.02. The molecule has 164 valence electrons. The molecule has 2 spiro atoms. The standard InChI is InChI=1S/C22H28O8/c1-10-12-6-13(24)15-21(7-12,17(10)25)19(27)30-14-4-5-20(3,8-28-11(2)23)16-18(26)29-9-22(14,15)16/h12-16,18,24,26H,1,4-9H2,2-3H3/t12-,13-,14+,15-,16-,18-,20+,21+,22+/m1/s1. The van der Waals surface area contributed by atoms with Crippen molar-refractivity contribution in [1.82, 2.24) is 0 Å². The van der Waals surface area contributed by atoms with Crippen LogP contribution in [-0.4, -0.2) is 59.6 Å². The van der Waals surface area contributed by atoms with Gasteiger partial charge in [-0.1, -0.05) is 13.5 Å². The highest BCUT2D eigenvalue weighted by atomic mass is 16.6. The topological polar surface area (TPSA) is 119 Å². The molecule has 2 heterocycles. The van der Waals surface area contributed by atoms with Crippen LogP contribution in [0.25, 0.3) is 0 Å². The van der Waals surface area contributed by atoms with Crippen LogP contribution in [-0.2, 0) is 28.6 Å². The number of aliphatic hydroxyl groups is 2. The van der Waals surface area contributed by atoms with Crippen molar-refractivity contribution in [2.24, 2.45) is 34.0 Å². The van der Waals surface area contributed by atoms with Crippen molar-refractivity contribution in [2.45, 2.75) is 58.0 Å². The molecule has 0 aromatic rings. The summed E-state index contributed by atoms with van der Waals surface area (Å²) in [4.78, 5) is 38.1. The maximum Gasteiger partial charge on any atom is 0.320 e. The van der Waals surface area contributed by atoms with Gasteiger partial charge in [0.2, 0.25) is 0 Å². The first kappa shape index (κ1) is 20.2.